The van der Waals surface area contributed by atoms with E-state index in [2.05, 4.69) is 6.07 Å². The lowest BCUT2D eigenvalue weighted by atomic mass is 10.1. The third-order valence-corrected chi connectivity index (χ3v) is 5.44. The number of halogens is 1. The highest BCUT2D eigenvalue weighted by atomic mass is 35.5. The summed E-state index contributed by atoms with van der Waals surface area (Å²) in [5.41, 5.74) is 1.30. The number of ether oxygens (including phenoxy) is 3. The topological polar surface area (TPSA) is 48.0 Å². The molecule has 0 unspecified atom stereocenters. The minimum absolute atomic E-state index is 0.254. The van der Waals surface area contributed by atoms with E-state index >= 15 is 0 Å². The van der Waals surface area contributed by atoms with Crippen LogP contribution in [-0.2, 0) is 20.1 Å². The van der Waals surface area contributed by atoms with Crippen LogP contribution >= 0.6 is 11.6 Å². The standard InChI is InChI=1S/C22H18ClNO4/c23-19-7-3-6-18-20(19)24(21(25)22(18)27-12-13-28-22)10-11-26-17-9-8-15-4-1-2-5-16(15)14-17/h1-9,14H,10-13H2. The molecule has 5 nitrogen and oxygen atoms in total. The van der Waals surface area contributed by atoms with Gasteiger partial charge in [0.15, 0.2) is 0 Å². The molecule has 5 rings (SSSR count). The highest BCUT2D eigenvalue weighted by Crippen LogP contribution is 2.48. The molecule has 142 valence electrons. The van der Waals surface area contributed by atoms with Crippen molar-refractivity contribution in [2.75, 3.05) is 31.3 Å². The molecule has 0 N–H and O–H groups in total. The van der Waals surface area contributed by atoms with E-state index in [0.717, 1.165) is 16.5 Å². The van der Waals surface area contributed by atoms with Crippen LogP contribution in [0.4, 0.5) is 5.69 Å². The minimum Gasteiger partial charge on any atom is -0.492 e. The molecule has 1 amide bonds. The normalized spacial score (nSPS) is 17.5. The van der Waals surface area contributed by atoms with Gasteiger partial charge in [-0.25, -0.2) is 0 Å². The summed E-state index contributed by atoms with van der Waals surface area (Å²) in [6, 6.07) is 19.4. The molecule has 2 heterocycles. The molecule has 2 aliphatic heterocycles. The second-order valence-electron chi connectivity index (χ2n) is 6.76. The quantitative estimate of drug-likeness (QED) is 0.666. The number of para-hydroxylation sites is 1. The van der Waals surface area contributed by atoms with Gasteiger partial charge in [-0.1, -0.05) is 54.1 Å². The Morgan fingerprint density at radius 2 is 1.79 bits per heavy atom. The number of carbonyl (C=O) groups excluding carboxylic acids is 1. The van der Waals surface area contributed by atoms with Gasteiger partial charge in [0.05, 0.1) is 30.5 Å². The maximum absolute atomic E-state index is 13.1. The van der Waals surface area contributed by atoms with E-state index < -0.39 is 5.79 Å². The molecule has 1 fully saturated rings. The lowest BCUT2D eigenvalue weighted by Gasteiger charge is -2.22. The van der Waals surface area contributed by atoms with Crippen LogP contribution in [0.2, 0.25) is 5.02 Å². The first-order valence-corrected chi connectivity index (χ1v) is 9.57. The van der Waals surface area contributed by atoms with Gasteiger partial charge in [0.25, 0.3) is 11.7 Å². The van der Waals surface area contributed by atoms with Crippen molar-refractivity contribution in [1.82, 2.24) is 0 Å². The number of hydrogen-bond donors (Lipinski definition) is 0. The average molecular weight is 396 g/mol. The highest BCUT2D eigenvalue weighted by molar-refractivity contribution is 6.35. The molecule has 3 aromatic rings. The first kappa shape index (κ1) is 17.5. The van der Waals surface area contributed by atoms with Gasteiger partial charge in [-0.2, -0.15) is 0 Å². The van der Waals surface area contributed by atoms with Gasteiger partial charge in [-0.3, -0.25) is 4.79 Å². The van der Waals surface area contributed by atoms with Gasteiger partial charge in [0.2, 0.25) is 0 Å². The molecule has 1 spiro atoms. The molecular weight excluding hydrogens is 378 g/mol. The van der Waals surface area contributed by atoms with Crippen molar-refractivity contribution in [3.63, 3.8) is 0 Å². The van der Waals surface area contributed by atoms with E-state index in [1.165, 1.54) is 0 Å². The van der Waals surface area contributed by atoms with Crippen molar-refractivity contribution in [2.45, 2.75) is 5.79 Å². The summed E-state index contributed by atoms with van der Waals surface area (Å²) >= 11 is 6.41. The third-order valence-electron chi connectivity index (χ3n) is 5.14. The zero-order chi connectivity index (χ0) is 19.1. The number of fused-ring (bicyclic) bond motifs is 3. The van der Waals surface area contributed by atoms with Crippen LogP contribution in [0.5, 0.6) is 5.75 Å². The fourth-order valence-corrected chi connectivity index (χ4v) is 4.14. The van der Waals surface area contributed by atoms with Crippen LogP contribution in [-0.4, -0.2) is 32.3 Å². The van der Waals surface area contributed by atoms with E-state index in [0.29, 0.717) is 42.6 Å². The Labute approximate surface area is 167 Å². The molecule has 0 aromatic heterocycles. The zero-order valence-corrected chi connectivity index (χ0v) is 15.8. The highest BCUT2D eigenvalue weighted by Gasteiger charge is 2.56. The number of carbonyl (C=O) groups is 1. The molecule has 0 radical (unpaired) electrons. The molecule has 1 saturated heterocycles. The molecule has 6 heteroatoms. The van der Waals surface area contributed by atoms with E-state index in [-0.39, 0.29) is 5.91 Å². The van der Waals surface area contributed by atoms with Crippen molar-refractivity contribution >= 4 is 34.0 Å². The number of amides is 1. The van der Waals surface area contributed by atoms with Gasteiger partial charge in [0.1, 0.15) is 12.4 Å². The predicted octanol–water partition coefficient (Wildman–Crippen LogP) is 4.12. The van der Waals surface area contributed by atoms with E-state index in [4.69, 9.17) is 25.8 Å². The lowest BCUT2D eigenvalue weighted by Crippen LogP contribution is -2.42. The van der Waals surface area contributed by atoms with Crippen molar-refractivity contribution in [3.8, 4) is 5.75 Å². The molecule has 2 aliphatic rings. The second kappa shape index (κ2) is 6.78. The summed E-state index contributed by atoms with van der Waals surface area (Å²) in [6.07, 6.45) is 0. The number of hydrogen-bond acceptors (Lipinski definition) is 4. The average Bonchev–Trinajstić information content (AvgIpc) is 3.30. The largest absolute Gasteiger partial charge is 0.492 e. The Morgan fingerprint density at radius 1 is 1.00 bits per heavy atom. The summed E-state index contributed by atoms with van der Waals surface area (Å²) in [5.74, 6) is -0.869. The Morgan fingerprint density at radius 3 is 2.61 bits per heavy atom. The fraction of sp³-hybridized carbons (Fsp3) is 0.227. The van der Waals surface area contributed by atoms with Gasteiger partial charge >= 0.3 is 0 Å². The van der Waals surface area contributed by atoms with Crippen molar-refractivity contribution in [1.29, 1.82) is 0 Å². The number of nitrogens with zero attached hydrogens (tertiary/aromatic N) is 1. The first-order valence-electron chi connectivity index (χ1n) is 9.19. The van der Waals surface area contributed by atoms with Crippen LogP contribution in [0.15, 0.2) is 60.7 Å². The summed E-state index contributed by atoms with van der Waals surface area (Å²) in [5, 5.41) is 2.76. The number of rotatable bonds is 4. The SMILES string of the molecule is O=C1N(CCOc2ccc3ccccc3c2)c2c(Cl)cccc2C12OCCO2. The Hall–Kier alpha value is -2.60. The molecule has 0 aliphatic carbocycles. The Balaban J connectivity index is 1.37. The van der Waals surface area contributed by atoms with Crippen LogP contribution in [0.25, 0.3) is 10.8 Å². The summed E-state index contributed by atoms with van der Waals surface area (Å²) in [4.78, 5) is 14.7. The maximum atomic E-state index is 13.1. The van der Waals surface area contributed by atoms with Crippen molar-refractivity contribution in [2.24, 2.45) is 0 Å². The Bertz CT molecular complexity index is 1060. The van der Waals surface area contributed by atoms with E-state index in [1.807, 2.05) is 42.5 Å². The molecular formula is C22H18ClNO4. The number of benzene rings is 3. The maximum Gasteiger partial charge on any atom is 0.292 e. The van der Waals surface area contributed by atoms with E-state index in [1.54, 1.807) is 17.0 Å². The molecule has 28 heavy (non-hydrogen) atoms. The van der Waals surface area contributed by atoms with Crippen LogP contribution in [0, 0.1) is 0 Å². The van der Waals surface area contributed by atoms with Gasteiger partial charge < -0.3 is 19.1 Å². The van der Waals surface area contributed by atoms with Gasteiger partial charge in [-0.15, -0.1) is 0 Å². The molecule has 3 aromatic carbocycles. The van der Waals surface area contributed by atoms with Crippen molar-refractivity contribution in [3.05, 3.63) is 71.2 Å². The van der Waals surface area contributed by atoms with Crippen LogP contribution < -0.4 is 9.64 Å². The monoisotopic (exact) mass is 395 g/mol. The third kappa shape index (κ3) is 2.66. The molecule has 0 saturated carbocycles. The van der Waals surface area contributed by atoms with Gasteiger partial charge in [-0.05, 0) is 29.0 Å². The van der Waals surface area contributed by atoms with Gasteiger partial charge in [0, 0.05) is 5.56 Å². The van der Waals surface area contributed by atoms with Crippen molar-refractivity contribution < 1.29 is 19.0 Å². The summed E-state index contributed by atoms with van der Waals surface area (Å²) < 4.78 is 17.4. The predicted molar refractivity (Wildman–Crippen MR) is 107 cm³/mol. The van der Waals surface area contributed by atoms with E-state index in [9.17, 15) is 4.79 Å². The van der Waals surface area contributed by atoms with Crippen LogP contribution in [0.3, 0.4) is 0 Å². The van der Waals surface area contributed by atoms with Crippen LogP contribution in [0.1, 0.15) is 5.56 Å². The second-order valence-corrected chi connectivity index (χ2v) is 7.17. The molecule has 0 bridgehead atoms. The fourth-order valence-electron chi connectivity index (χ4n) is 3.87. The minimum atomic E-state index is -1.37. The molecule has 0 atom stereocenters. The summed E-state index contributed by atoms with van der Waals surface area (Å²) in [7, 11) is 0. The number of anilines is 1. The first-order chi connectivity index (χ1) is 13.7. The smallest absolute Gasteiger partial charge is 0.292 e. The Kier molecular flexibility index (Phi) is 4.23. The summed E-state index contributed by atoms with van der Waals surface area (Å²) in [6.45, 7) is 1.42. The lowest BCUT2D eigenvalue weighted by molar-refractivity contribution is -0.180. The zero-order valence-electron chi connectivity index (χ0n) is 15.1.